The highest BCUT2D eigenvalue weighted by Gasteiger charge is 2.07. The number of hydrogen-bond acceptors (Lipinski definition) is 4. The van der Waals surface area contributed by atoms with Crippen LogP contribution in [0.3, 0.4) is 0 Å². The summed E-state index contributed by atoms with van der Waals surface area (Å²) in [5, 5.41) is 6.68. The zero-order chi connectivity index (χ0) is 16.9. The Morgan fingerprint density at radius 3 is 2.67 bits per heavy atom. The summed E-state index contributed by atoms with van der Waals surface area (Å²) in [5.41, 5.74) is 2.95. The first-order valence-corrected chi connectivity index (χ1v) is 7.71. The normalized spacial score (nSPS) is 10.2. The van der Waals surface area contributed by atoms with Crippen molar-refractivity contribution in [2.75, 3.05) is 10.6 Å². The van der Waals surface area contributed by atoms with Gasteiger partial charge in [0.25, 0.3) is 5.91 Å². The molecule has 0 spiro atoms. The van der Waals surface area contributed by atoms with Gasteiger partial charge in [-0.3, -0.25) is 9.78 Å². The molecule has 3 aromatic rings. The zero-order valence-corrected chi connectivity index (χ0v) is 13.7. The predicted molar refractivity (Wildman–Crippen MR) is 95.9 cm³/mol. The number of aromatic nitrogens is 2. The molecule has 120 valence electrons. The van der Waals surface area contributed by atoms with Gasteiger partial charge < -0.3 is 10.6 Å². The van der Waals surface area contributed by atoms with Crippen molar-refractivity contribution in [2.24, 2.45) is 0 Å². The van der Waals surface area contributed by atoms with E-state index in [1.54, 1.807) is 36.7 Å². The molecule has 0 unspecified atom stereocenters. The van der Waals surface area contributed by atoms with E-state index in [0.717, 1.165) is 11.3 Å². The number of nitrogens with zero attached hydrogens (tertiary/aromatic N) is 2. The van der Waals surface area contributed by atoms with Gasteiger partial charge in [0.15, 0.2) is 0 Å². The SMILES string of the molecule is Cc1c(Cl)cccc1Nc1ccc(NC(=O)c2cccnc2)cn1. The van der Waals surface area contributed by atoms with Crippen LogP contribution in [-0.2, 0) is 0 Å². The van der Waals surface area contributed by atoms with E-state index in [4.69, 9.17) is 11.6 Å². The molecular weight excluding hydrogens is 324 g/mol. The Hall–Kier alpha value is -2.92. The molecule has 1 amide bonds. The summed E-state index contributed by atoms with van der Waals surface area (Å²) in [5.74, 6) is 0.441. The number of amides is 1. The average molecular weight is 339 g/mol. The Morgan fingerprint density at radius 2 is 1.96 bits per heavy atom. The summed E-state index contributed by atoms with van der Waals surface area (Å²) in [6, 6.07) is 12.6. The van der Waals surface area contributed by atoms with E-state index in [2.05, 4.69) is 20.6 Å². The first kappa shape index (κ1) is 16.0. The lowest BCUT2D eigenvalue weighted by Crippen LogP contribution is -2.12. The van der Waals surface area contributed by atoms with E-state index < -0.39 is 0 Å². The summed E-state index contributed by atoms with van der Waals surface area (Å²) in [6.45, 7) is 1.94. The second kappa shape index (κ2) is 7.10. The summed E-state index contributed by atoms with van der Waals surface area (Å²) in [4.78, 5) is 20.3. The first-order chi connectivity index (χ1) is 11.6. The van der Waals surface area contributed by atoms with E-state index >= 15 is 0 Å². The minimum absolute atomic E-state index is 0.226. The van der Waals surface area contributed by atoms with E-state index in [9.17, 15) is 4.79 Å². The largest absolute Gasteiger partial charge is 0.340 e. The molecule has 0 aliphatic carbocycles. The van der Waals surface area contributed by atoms with Gasteiger partial charge in [-0.25, -0.2) is 4.98 Å². The first-order valence-electron chi connectivity index (χ1n) is 7.33. The van der Waals surface area contributed by atoms with E-state index in [1.165, 1.54) is 6.20 Å². The second-order valence-corrected chi connectivity index (χ2v) is 5.57. The second-order valence-electron chi connectivity index (χ2n) is 5.17. The molecule has 6 heteroatoms. The van der Waals surface area contributed by atoms with Crippen molar-refractivity contribution >= 4 is 34.7 Å². The molecule has 2 heterocycles. The molecule has 1 aromatic carbocycles. The Morgan fingerprint density at radius 1 is 1.08 bits per heavy atom. The number of benzene rings is 1. The van der Waals surface area contributed by atoms with Gasteiger partial charge >= 0.3 is 0 Å². The lowest BCUT2D eigenvalue weighted by molar-refractivity contribution is 0.102. The molecule has 0 saturated carbocycles. The van der Waals surface area contributed by atoms with Crippen molar-refractivity contribution in [1.82, 2.24) is 9.97 Å². The van der Waals surface area contributed by atoms with Crippen LogP contribution in [-0.4, -0.2) is 15.9 Å². The quantitative estimate of drug-likeness (QED) is 0.738. The Kier molecular flexibility index (Phi) is 4.72. The molecule has 0 bridgehead atoms. The van der Waals surface area contributed by atoms with Crippen LogP contribution in [0.2, 0.25) is 5.02 Å². The maximum atomic E-state index is 12.1. The van der Waals surface area contributed by atoms with Gasteiger partial charge in [-0.1, -0.05) is 17.7 Å². The Labute approximate surface area is 144 Å². The standard InChI is InChI=1S/C18H15ClN4O/c1-12-15(19)5-2-6-16(12)23-17-8-7-14(11-21-17)22-18(24)13-4-3-9-20-10-13/h2-11H,1H3,(H,21,23)(H,22,24). The lowest BCUT2D eigenvalue weighted by atomic mass is 10.2. The summed E-state index contributed by atoms with van der Waals surface area (Å²) < 4.78 is 0. The molecule has 0 aliphatic heterocycles. The zero-order valence-electron chi connectivity index (χ0n) is 13.0. The number of nitrogens with one attached hydrogen (secondary N) is 2. The van der Waals surface area contributed by atoms with Gasteiger partial charge in [-0.2, -0.15) is 0 Å². The third kappa shape index (κ3) is 3.70. The average Bonchev–Trinajstić information content (AvgIpc) is 2.61. The van der Waals surface area contributed by atoms with Crippen LogP contribution in [0.15, 0.2) is 61.1 Å². The minimum atomic E-state index is -0.226. The van der Waals surface area contributed by atoms with Crippen molar-refractivity contribution in [3.05, 3.63) is 77.2 Å². The maximum absolute atomic E-state index is 12.1. The van der Waals surface area contributed by atoms with Gasteiger partial charge in [0.05, 0.1) is 17.4 Å². The highest BCUT2D eigenvalue weighted by Crippen LogP contribution is 2.25. The van der Waals surface area contributed by atoms with Crippen LogP contribution in [0.5, 0.6) is 0 Å². The fourth-order valence-corrected chi connectivity index (χ4v) is 2.30. The maximum Gasteiger partial charge on any atom is 0.257 e. The number of rotatable bonds is 4. The van der Waals surface area contributed by atoms with Crippen molar-refractivity contribution in [3.8, 4) is 0 Å². The van der Waals surface area contributed by atoms with Gasteiger partial charge in [0, 0.05) is 23.1 Å². The van der Waals surface area contributed by atoms with Gasteiger partial charge in [0.2, 0.25) is 0 Å². The molecule has 2 N–H and O–H groups in total. The van der Waals surface area contributed by atoms with E-state index in [1.807, 2.05) is 25.1 Å². The van der Waals surface area contributed by atoms with Crippen LogP contribution in [0.1, 0.15) is 15.9 Å². The van der Waals surface area contributed by atoms with E-state index in [0.29, 0.717) is 22.1 Å². The molecule has 5 nitrogen and oxygen atoms in total. The van der Waals surface area contributed by atoms with Gasteiger partial charge in [-0.15, -0.1) is 0 Å². The third-order valence-corrected chi connectivity index (χ3v) is 3.88. The van der Waals surface area contributed by atoms with Crippen molar-refractivity contribution in [2.45, 2.75) is 6.92 Å². The van der Waals surface area contributed by atoms with Crippen LogP contribution < -0.4 is 10.6 Å². The Balaban J connectivity index is 1.69. The molecule has 24 heavy (non-hydrogen) atoms. The molecule has 3 rings (SSSR count). The third-order valence-electron chi connectivity index (χ3n) is 3.48. The number of carbonyl (C=O) groups excluding carboxylic acids is 1. The molecule has 0 atom stereocenters. The summed E-state index contributed by atoms with van der Waals surface area (Å²) >= 11 is 6.11. The van der Waals surface area contributed by atoms with Crippen molar-refractivity contribution < 1.29 is 4.79 Å². The van der Waals surface area contributed by atoms with Gasteiger partial charge in [0.1, 0.15) is 5.82 Å². The van der Waals surface area contributed by atoms with Crippen LogP contribution >= 0.6 is 11.6 Å². The fourth-order valence-electron chi connectivity index (χ4n) is 2.12. The van der Waals surface area contributed by atoms with Crippen LogP contribution in [0.4, 0.5) is 17.2 Å². The molecular formula is C18H15ClN4O. The number of anilines is 3. The smallest absolute Gasteiger partial charge is 0.257 e. The summed E-state index contributed by atoms with van der Waals surface area (Å²) in [6.07, 6.45) is 4.73. The minimum Gasteiger partial charge on any atom is -0.340 e. The van der Waals surface area contributed by atoms with Crippen molar-refractivity contribution in [1.29, 1.82) is 0 Å². The Bertz CT molecular complexity index is 851. The fraction of sp³-hybridized carbons (Fsp3) is 0.0556. The van der Waals surface area contributed by atoms with Crippen LogP contribution in [0.25, 0.3) is 0 Å². The monoisotopic (exact) mass is 338 g/mol. The lowest BCUT2D eigenvalue weighted by Gasteiger charge is -2.10. The molecule has 0 saturated heterocycles. The molecule has 0 fully saturated rings. The van der Waals surface area contributed by atoms with Crippen LogP contribution in [0, 0.1) is 6.92 Å². The van der Waals surface area contributed by atoms with Gasteiger partial charge in [-0.05, 0) is 48.9 Å². The number of hydrogen-bond donors (Lipinski definition) is 2. The molecule has 2 aromatic heterocycles. The number of halogens is 1. The molecule has 0 aliphatic rings. The highest BCUT2D eigenvalue weighted by atomic mass is 35.5. The highest BCUT2D eigenvalue weighted by molar-refractivity contribution is 6.31. The van der Waals surface area contributed by atoms with E-state index in [-0.39, 0.29) is 5.91 Å². The molecule has 0 radical (unpaired) electrons. The number of carbonyl (C=O) groups is 1. The predicted octanol–water partition coefficient (Wildman–Crippen LogP) is 4.43. The number of pyridine rings is 2. The topological polar surface area (TPSA) is 66.9 Å². The van der Waals surface area contributed by atoms with Crippen molar-refractivity contribution in [3.63, 3.8) is 0 Å². The summed E-state index contributed by atoms with van der Waals surface area (Å²) in [7, 11) is 0.